The molecule has 0 saturated carbocycles. The van der Waals surface area contributed by atoms with Crippen LogP contribution in [-0.4, -0.2) is 15.0 Å². The normalized spacial score (nSPS) is 11.7. The Labute approximate surface area is 165 Å². The van der Waals surface area contributed by atoms with Crippen LogP contribution in [0.5, 0.6) is 0 Å². The first-order valence-electron chi connectivity index (χ1n) is 8.11. The molecular formula is C20H10BrClFN3O. The van der Waals surface area contributed by atoms with Crippen LogP contribution in [0.4, 0.5) is 4.39 Å². The van der Waals surface area contributed by atoms with Gasteiger partial charge in [0.2, 0.25) is 0 Å². The molecule has 0 fully saturated rings. The van der Waals surface area contributed by atoms with Gasteiger partial charge in [0.1, 0.15) is 11.6 Å². The minimum atomic E-state index is -0.410. The predicted octanol–water partition coefficient (Wildman–Crippen LogP) is 5.78. The molecule has 0 aliphatic heterocycles. The number of hydrogen-bond donors (Lipinski definition) is 2. The van der Waals surface area contributed by atoms with Gasteiger partial charge < -0.3 is 9.97 Å². The van der Waals surface area contributed by atoms with Crippen molar-refractivity contribution in [1.29, 1.82) is 0 Å². The summed E-state index contributed by atoms with van der Waals surface area (Å²) in [5, 5.41) is 3.26. The minimum Gasteiger partial charge on any atom is -0.337 e. The zero-order valence-corrected chi connectivity index (χ0v) is 16.0. The number of hydrogen-bond acceptors (Lipinski definition) is 2. The van der Waals surface area contributed by atoms with Gasteiger partial charge in [0.15, 0.2) is 0 Å². The van der Waals surface area contributed by atoms with Gasteiger partial charge in [-0.15, -0.1) is 0 Å². The molecule has 0 unspecified atom stereocenters. The van der Waals surface area contributed by atoms with Crippen LogP contribution in [-0.2, 0) is 0 Å². The molecule has 2 N–H and O–H groups in total. The van der Waals surface area contributed by atoms with E-state index in [9.17, 15) is 9.18 Å². The summed E-state index contributed by atoms with van der Waals surface area (Å²) in [5.41, 5.74) is 1.88. The van der Waals surface area contributed by atoms with Crippen molar-refractivity contribution in [1.82, 2.24) is 15.0 Å². The standard InChI is InChI=1S/C20H10BrClFN3O/c21-9-1-3-11-14(7-9)16-13(5-6-24-20(16)27)18-17(11)25-19(26-18)12-4-2-10(23)8-15(12)22/h1-8H,(H,24,27)(H,25,26). The van der Waals surface area contributed by atoms with E-state index in [4.69, 9.17) is 11.6 Å². The number of pyridine rings is 1. The van der Waals surface area contributed by atoms with Crippen LogP contribution in [0.2, 0.25) is 5.02 Å². The van der Waals surface area contributed by atoms with Crippen LogP contribution < -0.4 is 5.56 Å². The van der Waals surface area contributed by atoms with Gasteiger partial charge in [0, 0.05) is 27.0 Å². The molecule has 5 rings (SSSR count). The van der Waals surface area contributed by atoms with Gasteiger partial charge >= 0.3 is 0 Å². The lowest BCUT2D eigenvalue weighted by Crippen LogP contribution is -2.05. The number of aromatic amines is 2. The summed E-state index contributed by atoms with van der Waals surface area (Å²) in [5.74, 6) is 0.110. The third-order valence-corrected chi connectivity index (χ3v) is 5.43. The first kappa shape index (κ1) is 16.5. The first-order valence-corrected chi connectivity index (χ1v) is 9.28. The Morgan fingerprint density at radius 2 is 1.89 bits per heavy atom. The molecule has 0 saturated heterocycles. The quantitative estimate of drug-likeness (QED) is 0.323. The lowest BCUT2D eigenvalue weighted by atomic mass is 10.0. The van der Waals surface area contributed by atoms with E-state index in [2.05, 4.69) is 30.9 Å². The Hall–Kier alpha value is -2.70. The number of benzene rings is 3. The van der Waals surface area contributed by atoms with Crippen molar-refractivity contribution >= 4 is 60.1 Å². The molecule has 5 aromatic rings. The van der Waals surface area contributed by atoms with Crippen molar-refractivity contribution in [2.45, 2.75) is 0 Å². The Balaban J connectivity index is 1.98. The first-order chi connectivity index (χ1) is 13.0. The van der Waals surface area contributed by atoms with Crippen molar-refractivity contribution < 1.29 is 4.39 Å². The van der Waals surface area contributed by atoms with Crippen molar-refractivity contribution in [3.63, 3.8) is 0 Å². The maximum atomic E-state index is 13.4. The van der Waals surface area contributed by atoms with Gasteiger partial charge in [-0.1, -0.05) is 33.6 Å². The molecule has 3 aromatic carbocycles. The van der Waals surface area contributed by atoms with Crippen molar-refractivity contribution in [2.75, 3.05) is 0 Å². The fourth-order valence-electron chi connectivity index (χ4n) is 3.46. The highest BCUT2D eigenvalue weighted by Crippen LogP contribution is 2.36. The Morgan fingerprint density at radius 3 is 2.70 bits per heavy atom. The average Bonchev–Trinajstić information content (AvgIpc) is 3.07. The smallest absolute Gasteiger partial charge is 0.256 e. The van der Waals surface area contributed by atoms with Crippen LogP contribution in [0.1, 0.15) is 0 Å². The number of imidazole rings is 1. The average molecular weight is 443 g/mol. The third-order valence-electron chi connectivity index (χ3n) is 4.63. The molecule has 0 radical (unpaired) electrons. The largest absolute Gasteiger partial charge is 0.337 e. The highest BCUT2D eigenvalue weighted by molar-refractivity contribution is 9.10. The summed E-state index contributed by atoms with van der Waals surface area (Å²) in [4.78, 5) is 23.3. The fourth-order valence-corrected chi connectivity index (χ4v) is 4.07. The molecule has 2 heterocycles. The van der Waals surface area contributed by atoms with Crippen LogP contribution in [0.3, 0.4) is 0 Å². The molecule has 2 aromatic heterocycles. The van der Waals surface area contributed by atoms with E-state index >= 15 is 0 Å². The molecule has 0 aliphatic carbocycles. The second-order valence-corrected chi connectivity index (χ2v) is 7.54. The van der Waals surface area contributed by atoms with Gasteiger partial charge in [-0.3, -0.25) is 4.79 Å². The van der Waals surface area contributed by atoms with Crippen LogP contribution >= 0.6 is 27.5 Å². The van der Waals surface area contributed by atoms with Crippen LogP contribution in [0, 0.1) is 5.82 Å². The number of nitrogens with one attached hydrogen (secondary N) is 2. The summed E-state index contributed by atoms with van der Waals surface area (Å²) >= 11 is 9.69. The SMILES string of the molecule is O=c1[nH]ccc2c3nc(-c4ccc(F)cc4Cl)[nH]c3c3ccc(Br)cc3c12. The highest BCUT2D eigenvalue weighted by atomic mass is 79.9. The van der Waals surface area contributed by atoms with Gasteiger partial charge in [-0.2, -0.15) is 0 Å². The van der Waals surface area contributed by atoms with E-state index in [0.29, 0.717) is 22.3 Å². The third kappa shape index (κ3) is 2.48. The van der Waals surface area contributed by atoms with Gasteiger partial charge in [-0.05, 0) is 41.8 Å². The van der Waals surface area contributed by atoms with Crippen LogP contribution in [0.25, 0.3) is 44.0 Å². The van der Waals surface area contributed by atoms with Gasteiger partial charge in [0.05, 0.1) is 21.4 Å². The van der Waals surface area contributed by atoms with Crippen molar-refractivity contribution in [3.8, 4) is 11.4 Å². The molecule has 27 heavy (non-hydrogen) atoms. The number of nitrogens with zero attached hydrogens (tertiary/aromatic N) is 1. The summed E-state index contributed by atoms with van der Waals surface area (Å²) in [6.45, 7) is 0. The summed E-state index contributed by atoms with van der Waals surface area (Å²) in [7, 11) is 0. The number of halogens is 3. The lowest BCUT2D eigenvalue weighted by Gasteiger charge is -2.05. The zero-order chi connectivity index (χ0) is 18.7. The molecule has 7 heteroatoms. The monoisotopic (exact) mass is 441 g/mol. The zero-order valence-electron chi connectivity index (χ0n) is 13.6. The molecule has 0 amide bonds. The molecule has 0 bridgehead atoms. The molecule has 0 spiro atoms. The maximum Gasteiger partial charge on any atom is 0.256 e. The van der Waals surface area contributed by atoms with E-state index in [1.54, 1.807) is 12.3 Å². The van der Waals surface area contributed by atoms with Crippen LogP contribution in [0.15, 0.2) is 57.9 Å². The predicted molar refractivity (Wildman–Crippen MR) is 110 cm³/mol. The summed E-state index contributed by atoms with van der Waals surface area (Å²) < 4.78 is 14.3. The minimum absolute atomic E-state index is 0.179. The van der Waals surface area contributed by atoms with Crippen molar-refractivity contribution in [3.05, 3.63) is 74.3 Å². The molecule has 132 valence electrons. The molecule has 4 nitrogen and oxygen atoms in total. The number of fused-ring (bicyclic) bond motifs is 6. The Morgan fingerprint density at radius 1 is 1.04 bits per heavy atom. The number of aromatic nitrogens is 3. The summed E-state index contributed by atoms with van der Waals surface area (Å²) in [6.07, 6.45) is 1.60. The van der Waals surface area contributed by atoms with Crippen molar-refractivity contribution in [2.24, 2.45) is 0 Å². The second-order valence-electron chi connectivity index (χ2n) is 6.22. The van der Waals surface area contributed by atoms with E-state index < -0.39 is 5.82 Å². The lowest BCUT2D eigenvalue weighted by molar-refractivity contribution is 0.628. The van der Waals surface area contributed by atoms with E-state index in [1.165, 1.54) is 12.1 Å². The fraction of sp³-hybridized carbons (Fsp3) is 0. The number of H-pyrrole nitrogens is 2. The van der Waals surface area contributed by atoms with E-state index in [0.717, 1.165) is 26.1 Å². The molecular weight excluding hydrogens is 433 g/mol. The Bertz CT molecular complexity index is 1440. The van der Waals surface area contributed by atoms with Gasteiger partial charge in [-0.25, -0.2) is 9.37 Å². The molecule has 0 aliphatic rings. The summed E-state index contributed by atoms with van der Waals surface area (Å²) in [6, 6.07) is 11.8. The highest BCUT2D eigenvalue weighted by Gasteiger charge is 2.17. The molecule has 0 atom stereocenters. The maximum absolute atomic E-state index is 13.4. The Kier molecular flexibility index (Phi) is 3.60. The second kappa shape index (κ2) is 5.90. The van der Waals surface area contributed by atoms with Gasteiger partial charge in [0.25, 0.3) is 5.56 Å². The van der Waals surface area contributed by atoms with E-state index in [1.807, 2.05) is 24.3 Å². The topological polar surface area (TPSA) is 61.5 Å². The number of rotatable bonds is 1. The van der Waals surface area contributed by atoms with E-state index in [-0.39, 0.29) is 10.6 Å².